The van der Waals surface area contributed by atoms with Gasteiger partial charge in [-0.25, -0.2) is 4.98 Å². The third kappa shape index (κ3) is 3.52. The fraction of sp³-hybridized carbons (Fsp3) is 0.571. The lowest BCUT2D eigenvalue weighted by Gasteiger charge is -2.23. The Kier molecular flexibility index (Phi) is 4.87. The van der Waals surface area contributed by atoms with E-state index in [9.17, 15) is 4.79 Å². The van der Waals surface area contributed by atoms with Gasteiger partial charge in [0.25, 0.3) is 0 Å². The van der Waals surface area contributed by atoms with Crippen LogP contribution in [0.25, 0.3) is 0 Å². The molecule has 2 rings (SSSR count). The lowest BCUT2D eigenvalue weighted by atomic mass is 10.1. The summed E-state index contributed by atoms with van der Waals surface area (Å²) in [5.41, 5.74) is 0.693. The van der Waals surface area contributed by atoms with Gasteiger partial charge in [-0.3, -0.25) is 9.69 Å². The van der Waals surface area contributed by atoms with Crippen molar-refractivity contribution >= 4 is 11.6 Å². The van der Waals surface area contributed by atoms with E-state index >= 15 is 0 Å². The van der Waals surface area contributed by atoms with Gasteiger partial charge in [0.1, 0.15) is 5.82 Å². The second kappa shape index (κ2) is 6.63. The van der Waals surface area contributed by atoms with Crippen LogP contribution in [-0.2, 0) is 0 Å². The van der Waals surface area contributed by atoms with Crippen LogP contribution in [0.15, 0.2) is 18.3 Å². The molecule has 0 aromatic carbocycles. The van der Waals surface area contributed by atoms with Gasteiger partial charge >= 0.3 is 0 Å². The molecule has 0 bridgehead atoms. The van der Waals surface area contributed by atoms with Crippen molar-refractivity contribution in [2.45, 2.75) is 13.3 Å². The van der Waals surface area contributed by atoms with Gasteiger partial charge in [-0.05, 0) is 32.0 Å². The number of Topliss-reactive ketones (excluding diaryl/α,β-unsaturated/α-hetero) is 1. The van der Waals surface area contributed by atoms with E-state index in [2.05, 4.69) is 14.8 Å². The van der Waals surface area contributed by atoms with Gasteiger partial charge in [-0.15, -0.1) is 0 Å². The molecule has 2 heterocycles. The summed E-state index contributed by atoms with van der Waals surface area (Å²) in [7, 11) is 0. The molecule has 1 N–H and O–H groups in total. The minimum atomic E-state index is 0.0551. The summed E-state index contributed by atoms with van der Waals surface area (Å²) in [6.07, 6.45) is 2.76. The van der Waals surface area contributed by atoms with Crippen LogP contribution >= 0.6 is 0 Å². The summed E-state index contributed by atoms with van der Waals surface area (Å²) in [5, 5.41) is 9.00. The fourth-order valence-corrected chi connectivity index (χ4v) is 2.47. The van der Waals surface area contributed by atoms with Crippen molar-refractivity contribution in [3.63, 3.8) is 0 Å². The number of aromatic nitrogens is 1. The summed E-state index contributed by atoms with van der Waals surface area (Å²) in [5.74, 6) is 0.848. The van der Waals surface area contributed by atoms with E-state index in [4.69, 9.17) is 5.11 Å². The number of ketones is 1. The van der Waals surface area contributed by atoms with Crippen LogP contribution in [0.1, 0.15) is 23.7 Å². The van der Waals surface area contributed by atoms with Crippen LogP contribution in [0, 0.1) is 0 Å². The molecule has 0 saturated carbocycles. The topological polar surface area (TPSA) is 56.7 Å². The van der Waals surface area contributed by atoms with Crippen molar-refractivity contribution < 1.29 is 9.90 Å². The van der Waals surface area contributed by atoms with Crippen molar-refractivity contribution in [3.8, 4) is 0 Å². The number of aliphatic hydroxyl groups is 1. The van der Waals surface area contributed by atoms with Crippen LogP contribution in [-0.4, -0.2) is 60.1 Å². The first-order chi connectivity index (χ1) is 9.22. The van der Waals surface area contributed by atoms with Crippen molar-refractivity contribution in [2.24, 2.45) is 0 Å². The Bertz CT molecular complexity index is 436. The quantitative estimate of drug-likeness (QED) is 0.814. The lowest BCUT2D eigenvalue weighted by Crippen LogP contribution is -2.33. The minimum absolute atomic E-state index is 0.0551. The van der Waals surface area contributed by atoms with Crippen molar-refractivity contribution in [1.29, 1.82) is 0 Å². The zero-order chi connectivity index (χ0) is 13.7. The van der Waals surface area contributed by atoms with E-state index in [1.165, 1.54) is 0 Å². The van der Waals surface area contributed by atoms with Crippen LogP contribution < -0.4 is 4.90 Å². The Morgan fingerprint density at radius 1 is 1.37 bits per heavy atom. The molecular formula is C14H21N3O2. The molecular weight excluding hydrogens is 242 g/mol. The number of carbonyl (C=O) groups excluding carboxylic acids is 1. The standard InChI is InChI=1S/C14H21N3O2/c1-12(19)13-4-2-5-15-14(13)17-7-3-6-16(8-9-17)10-11-18/h2,4-5,18H,3,6-11H2,1H3. The summed E-state index contributed by atoms with van der Waals surface area (Å²) >= 11 is 0. The first-order valence-corrected chi connectivity index (χ1v) is 6.76. The maximum Gasteiger partial charge on any atom is 0.163 e. The summed E-state index contributed by atoms with van der Waals surface area (Å²) in [6.45, 7) is 6.12. The number of pyridine rings is 1. The van der Waals surface area contributed by atoms with Crippen LogP contribution in [0.3, 0.4) is 0 Å². The molecule has 1 aliphatic heterocycles. The Hall–Kier alpha value is -1.46. The Morgan fingerprint density at radius 3 is 2.95 bits per heavy atom. The molecule has 0 spiro atoms. The van der Waals surface area contributed by atoms with Gasteiger partial charge in [0.15, 0.2) is 5.78 Å². The first-order valence-electron chi connectivity index (χ1n) is 6.76. The monoisotopic (exact) mass is 263 g/mol. The predicted octanol–water partition coefficient (Wildman–Crippen LogP) is 0.789. The fourth-order valence-electron chi connectivity index (χ4n) is 2.47. The zero-order valence-corrected chi connectivity index (χ0v) is 11.4. The Balaban J connectivity index is 2.12. The largest absolute Gasteiger partial charge is 0.395 e. The summed E-state index contributed by atoms with van der Waals surface area (Å²) < 4.78 is 0. The number of hydrogen-bond donors (Lipinski definition) is 1. The Morgan fingerprint density at radius 2 is 2.21 bits per heavy atom. The normalized spacial score (nSPS) is 17.3. The molecule has 5 nitrogen and oxygen atoms in total. The number of hydrogen-bond acceptors (Lipinski definition) is 5. The number of aliphatic hydroxyl groups excluding tert-OH is 1. The van der Waals surface area contributed by atoms with Crippen molar-refractivity contribution in [3.05, 3.63) is 23.9 Å². The SMILES string of the molecule is CC(=O)c1cccnc1N1CCCN(CCO)CC1. The molecule has 0 radical (unpaired) electrons. The zero-order valence-electron chi connectivity index (χ0n) is 11.4. The molecule has 1 aromatic rings. The van der Waals surface area contributed by atoms with E-state index in [-0.39, 0.29) is 12.4 Å². The molecule has 1 fully saturated rings. The molecule has 5 heteroatoms. The van der Waals surface area contributed by atoms with E-state index in [1.54, 1.807) is 19.2 Å². The Labute approximate surface area is 113 Å². The average Bonchev–Trinajstić information content (AvgIpc) is 2.65. The highest BCUT2D eigenvalue weighted by Gasteiger charge is 2.19. The number of anilines is 1. The third-order valence-corrected chi connectivity index (χ3v) is 3.47. The van der Waals surface area contributed by atoms with E-state index in [0.717, 1.165) is 45.0 Å². The van der Waals surface area contributed by atoms with Crippen molar-refractivity contribution in [2.75, 3.05) is 44.2 Å². The molecule has 1 aromatic heterocycles. The average molecular weight is 263 g/mol. The van der Waals surface area contributed by atoms with Gasteiger partial charge in [-0.1, -0.05) is 0 Å². The van der Waals surface area contributed by atoms with Gasteiger partial charge in [0.05, 0.1) is 12.2 Å². The molecule has 0 amide bonds. The van der Waals surface area contributed by atoms with E-state index in [0.29, 0.717) is 5.56 Å². The van der Waals surface area contributed by atoms with Crippen LogP contribution in [0.2, 0.25) is 0 Å². The second-order valence-electron chi connectivity index (χ2n) is 4.84. The number of nitrogens with zero attached hydrogens (tertiary/aromatic N) is 3. The maximum atomic E-state index is 11.7. The molecule has 0 atom stereocenters. The van der Waals surface area contributed by atoms with Gasteiger partial charge in [-0.2, -0.15) is 0 Å². The molecule has 0 aliphatic carbocycles. The predicted molar refractivity (Wildman–Crippen MR) is 74.6 cm³/mol. The smallest absolute Gasteiger partial charge is 0.163 e. The third-order valence-electron chi connectivity index (χ3n) is 3.47. The first kappa shape index (κ1) is 14.0. The number of rotatable bonds is 4. The van der Waals surface area contributed by atoms with Gasteiger partial charge < -0.3 is 10.0 Å². The molecule has 1 saturated heterocycles. The molecule has 19 heavy (non-hydrogen) atoms. The van der Waals surface area contributed by atoms with E-state index < -0.39 is 0 Å². The highest BCUT2D eigenvalue weighted by Crippen LogP contribution is 2.19. The minimum Gasteiger partial charge on any atom is -0.395 e. The highest BCUT2D eigenvalue weighted by atomic mass is 16.3. The summed E-state index contributed by atoms with van der Waals surface area (Å²) in [4.78, 5) is 20.4. The molecule has 104 valence electrons. The van der Waals surface area contributed by atoms with E-state index in [1.807, 2.05) is 6.07 Å². The highest BCUT2D eigenvalue weighted by molar-refractivity contribution is 5.98. The van der Waals surface area contributed by atoms with Crippen LogP contribution in [0.5, 0.6) is 0 Å². The van der Waals surface area contributed by atoms with Crippen molar-refractivity contribution in [1.82, 2.24) is 9.88 Å². The maximum absolute atomic E-state index is 11.7. The van der Waals surface area contributed by atoms with Crippen LogP contribution in [0.4, 0.5) is 5.82 Å². The molecule has 0 unspecified atom stereocenters. The number of β-amino-alcohol motifs (C(OH)–C–C–N with tert-alkyl or cyclic N) is 1. The lowest BCUT2D eigenvalue weighted by molar-refractivity contribution is 0.101. The molecule has 1 aliphatic rings. The summed E-state index contributed by atoms with van der Waals surface area (Å²) in [6, 6.07) is 3.64. The van der Waals surface area contributed by atoms with Gasteiger partial charge in [0.2, 0.25) is 0 Å². The number of carbonyl (C=O) groups is 1. The van der Waals surface area contributed by atoms with Gasteiger partial charge in [0, 0.05) is 32.4 Å². The second-order valence-corrected chi connectivity index (χ2v) is 4.84.